The minimum Gasteiger partial charge on any atom is -0.496 e. The van der Waals surface area contributed by atoms with Gasteiger partial charge in [-0.15, -0.1) is 0 Å². The Kier molecular flexibility index (Phi) is 3.00. The maximum Gasteiger partial charge on any atom is 0.198 e. The predicted octanol–water partition coefficient (Wildman–Crippen LogP) is 3.43. The van der Waals surface area contributed by atoms with Gasteiger partial charge in [-0.05, 0) is 12.2 Å². The number of aliphatic imine (C=N–C) groups is 1. The lowest BCUT2D eigenvalue weighted by atomic mass is 9.82. The van der Waals surface area contributed by atoms with Crippen LogP contribution in [0.15, 0.2) is 59.6 Å². The Morgan fingerprint density at radius 2 is 1.77 bits per heavy atom. The van der Waals surface area contributed by atoms with Crippen LogP contribution in [0.25, 0.3) is 0 Å². The molecule has 3 aliphatic rings. The number of carbonyl (C=O) groups is 2. The zero-order valence-corrected chi connectivity index (χ0v) is 13.9. The lowest BCUT2D eigenvalue weighted by Gasteiger charge is -2.28. The number of allylic oxidation sites excluding steroid dienone is 2. The highest BCUT2D eigenvalue weighted by Gasteiger charge is 2.38. The third-order valence-corrected chi connectivity index (χ3v) is 4.77. The van der Waals surface area contributed by atoms with Crippen molar-refractivity contribution in [3.8, 4) is 11.5 Å². The highest BCUT2D eigenvalue weighted by molar-refractivity contribution is 6.31. The van der Waals surface area contributed by atoms with E-state index in [1.165, 1.54) is 7.11 Å². The summed E-state index contributed by atoms with van der Waals surface area (Å²) >= 11 is 0. The summed E-state index contributed by atoms with van der Waals surface area (Å²) in [4.78, 5) is 30.9. The molecule has 1 heterocycles. The van der Waals surface area contributed by atoms with Gasteiger partial charge in [-0.1, -0.05) is 36.4 Å². The van der Waals surface area contributed by atoms with E-state index in [0.29, 0.717) is 34.0 Å². The Hall–Kier alpha value is -3.47. The largest absolute Gasteiger partial charge is 0.496 e. The first-order valence-corrected chi connectivity index (χ1v) is 8.22. The molecule has 0 N–H and O–H groups in total. The number of rotatable bonds is 1. The van der Waals surface area contributed by atoms with E-state index in [2.05, 4.69) is 4.99 Å². The molecule has 2 aromatic carbocycles. The molecular weight excluding hydrogens is 330 g/mol. The van der Waals surface area contributed by atoms with Crippen LogP contribution in [0.3, 0.4) is 0 Å². The van der Waals surface area contributed by atoms with Crippen molar-refractivity contribution in [2.45, 2.75) is 6.10 Å². The molecule has 2 aromatic rings. The van der Waals surface area contributed by atoms with Gasteiger partial charge < -0.3 is 9.47 Å². The van der Waals surface area contributed by atoms with Gasteiger partial charge >= 0.3 is 0 Å². The highest BCUT2D eigenvalue weighted by atomic mass is 16.5. The minimum absolute atomic E-state index is 0.240. The fraction of sp³-hybridized carbons (Fsp3) is 0.0952. The van der Waals surface area contributed by atoms with Crippen molar-refractivity contribution < 1.29 is 19.1 Å². The van der Waals surface area contributed by atoms with Crippen LogP contribution in [0, 0.1) is 0 Å². The number of hydrogen-bond donors (Lipinski definition) is 0. The standard InChI is InChI=1S/C21H13NO4/c1-25-15-10-16-19(22-13-8-4-5-9-14(13)26-16)18-17(15)20(23)11-6-2-3-7-12(11)21(18)24/h2-10,14H,1H3. The molecule has 5 nitrogen and oxygen atoms in total. The molecule has 2 aliphatic carbocycles. The first-order chi connectivity index (χ1) is 12.7. The monoisotopic (exact) mass is 343 g/mol. The zero-order valence-electron chi connectivity index (χ0n) is 13.9. The predicted molar refractivity (Wildman–Crippen MR) is 96.1 cm³/mol. The topological polar surface area (TPSA) is 65.0 Å². The number of methoxy groups -OCH3 is 1. The molecule has 0 amide bonds. The van der Waals surface area contributed by atoms with E-state index < -0.39 is 0 Å². The summed E-state index contributed by atoms with van der Waals surface area (Å²) < 4.78 is 11.4. The molecule has 0 aromatic heterocycles. The summed E-state index contributed by atoms with van der Waals surface area (Å²) in [6.45, 7) is 0. The van der Waals surface area contributed by atoms with E-state index in [9.17, 15) is 9.59 Å². The molecule has 1 unspecified atom stereocenters. The van der Waals surface area contributed by atoms with Gasteiger partial charge in [-0.3, -0.25) is 9.59 Å². The molecule has 5 rings (SSSR count). The first-order valence-electron chi connectivity index (χ1n) is 8.22. The smallest absolute Gasteiger partial charge is 0.198 e. The van der Waals surface area contributed by atoms with Crippen LogP contribution in [0.1, 0.15) is 31.8 Å². The van der Waals surface area contributed by atoms with Gasteiger partial charge in [-0.2, -0.15) is 0 Å². The van der Waals surface area contributed by atoms with Gasteiger partial charge in [0.2, 0.25) is 0 Å². The van der Waals surface area contributed by atoms with E-state index in [1.54, 1.807) is 30.3 Å². The van der Waals surface area contributed by atoms with Gasteiger partial charge in [0.05, 0.1) is 23.9 Å². The van der Waals surface area contributed by atoms with E-state index >= 15 is 0 Å². The maximum absolute atomic E-state index is 13.2. The molecule has 5 heteroatoms. The Bertz CT molecular complexity index is 1090. The number of carbonyl (C=O) groups excluding carboxylic acids is 2. The molecule has 26 heavy (non-hydrogen) atoms. The molecule has 0 saturated carbocycles. The second-order valence-corrected chi connectivity index (χ2v) is 6.20. The Morgan fingerprint density at radius 1 is 1.04 bits per heavy atom. The Balaban J connectivity index is 1.83. The van der Waals surface area contributed by atoms with E-state index in [4.69, 9.17) is 9.47 Å². The zero-order chi connectivity index (χ0) is 17.8. The highest BCUT2D eigenvalue weighted by Crippen LogP contribution is 2.46. The molecule has 0 fully saturated rings. The molecule has 0 spiro atoms. The van der Waals surface area contributed by atoms with Crippen molar-refractivity contribution in [1.82, 2.24) is 0 Å². The van der Waals surface area contributed by atoms with Crippen LogP contribution in [0.5, 0.6) is 11.5 Å². The number of hydrogen-bond acceptors (Lipinski definition) is 5. The van der Waals surface area contributed by atoms with Crippen LogP contribution >= 0.6 is 0 Å². The third-order valence-electron chi connectivity index (χ3n) is 4.77. The van der Waals surface area contributed by atoms with Crippen LogP contribution in [0.4, 0.5) is 5.69 Å². The summed E-state index contributed by atoms with van der Waals surface area (Å²) in [5.74, 6) is 0.277. The lowest BCUT2D eigenvalue weighted by Crippen LogP contribution is -2.29. The normalized spacial score (nSPS) is 19.0. The molecule has 0 radical (unpaired) electrons. The number of nitrogens with zero attached hydrogens (tertiary/aromatic N) is 1. The van der Waals surface area contributed by atoms with Crippen molar-refractivity contribution in [2.75, 3.05) is 7.11 Å². The SMILES string of the molecule is COc1cc2c(c3c1C(=O)c1ccccc1C3=O)N=C1C=CC=CC1O2. The third kappa shape index (κ3) is 1.88. The summed E-state index contributed by atoms with van der Waals surface area (Å²) in [6, 6.07) is 8.44. The fourth-order valence-corrected chi connectivity index (χ4v) is 3.56. The maximum atomic E-state index is 13.2. The number of fused-ring (bicyclic) bond motifs is 5. The van der Waals surface area contributed by atoms with E-state index in [0.717, 1.165) is 0 Å². The average molecular weight is 343 g/mol. The number of ether oxygens (including phenoxy) is 2. The Labute approximate surface area is 149 Å². The van der Waals surface area contributed by atoms with Gasteiger partial charge in [0.25, 0.3) is 0 Å². The summed E-state index contributed by atoms with van der Waals surface area (Å²) in [5.41, 5.74) is 2.34. The molecule has 126 valence electrons. The van der Waals surface area contributed by atoms with E-state index in [-0.39, 0.29) is 28.8 Å². The van der Waals surface area contributed by atoms with Gasteiger partial charge in [0.1, 0.15) is 11.4 Å². The molecule has 0 bridgehead atoms. The average Bonchev–Trinajstić information content (AvgIpc) is 2.69. The molecular formula is C21H13NO4. The number of benzene rings is 2. The van der Waals surface area contributed by atoms with Crippen molar-refractivity contribution in [3.63, 3.8) is 0 Å². The van der Waals surface area contributed by atoms with Crippen LogP contribution < -0.4 is 9.47 Å². The van der Waals surface area contributed by atoms with Crippen molar-refractivity contribution in [3.05, 3.63) is 76.9 Å². The van der Waals surface area contributed by atoms with E-state index in [1.807, 2.05) is 24.3 Å². The molecule has 0 saturated heterocycles. The van der Waals surface area contributed by atoms with Gasteiger partial charge in [0, 0.05) is 17.2 Å². The first kappa shape index (κ1) is 14.8. The number of ketones is 2. The lowest BCUT2D eigenvalue weighted by molar-refractivity contribution is 0.0976. The second-order valence-electron chi connectivity index (χ2n) is 6.20. The van der Waals surface area contributed by atoms with Crippen LogP contribution in [-0.2, 0) is 0 Å². The molecule has 1 atom stereocenters. The van der Waals surface area contributed by atoms with Crippen molar-refractivity contribution in [2.24, 2.45) is 4.99 Å². The van der Waals surface area contributed by atoms with Crippen molar-refractivity contribution >= 4 is 23.0 Å². The summed E-state index contributed by atoms with van der Waals surface area (Å²) in [6.07, 6.45) is 7.16. The van der Waals surface area contributed by atoms with Crippen LogP contribution in [-0.4, -0.2) is 30.5 Å². The Morgan fingerprint density at radius 3 is 2.50 bits per heavy atom. The molecule has 1 aliphatic heterocycles. The van der Waals surface area contributed by atoms with Crippen molar-refractivity contribution in [1.29, 1.82) is 0 Å². The minimum atomic E-state index is -0.308. The summed E-state index contributed by atoms with van der Waals surface area (Å²) in [5, 5.41) is 0. The van der Waals surface area contributed by atoms with Crippen LogP contribution in [0.2, 0.25) is 0 Å². The summed E-state index contributed by atoms with van der Waals surface area (Å²) in [7, 11) is 1.47. The van der Waals surface area contributed by atoms with Gasteiger partial charge in [-0.25, -0.2) is 4.99 Å². The quantitative estimate of drug-likeness (QED) is 0.679. The fourth-order valence-electron chi connectivity index (χ4n) is 3.56. The second kappa shape index (κ2) is 5.26. The van der Waals surface area contributed by atoms with Gasteiger partial charge in [0.15, 0.2) is 23.4 Å².